The molecule has 0 bridgehead atoms. The van der Waals surface area contributed by atoms with Gasteiger partial charge in [-0.05, 0) is 60.5 Å². The molecule has 5 rings (SSSR count). The molecule has 1 aliphatic rings. The second-order valence-corrected chi connectivity index (χ2v) is 9.53. The van der Waals surface area contributed by atoms with E-state index in [9.17, 15) is 14.4 Å². The predicted molar refractivity (Wildman–Crippen MR) is 152 cm³/mol. The first-order chi connectivity index (χ1) is 20.3. The molecule has 0 saturated heterocycles. The first kappa shape index (κ1) is 28.1. The summed E-state index contributed by atoms with van der Waals surface area (Å²) in [5.74, 6) is 0.205. The number of rotatable bonds is 9. The van der Waals surface area contributed by atoms with Crippen molar-refractivity contribution in [3.8, 4) is 34.8 Å². The van der Waals surface area contributed by atoms with Crippen LogP contribution < -0.4 is 29.4 Å². The molecule has 4 aromatic carbocycles. The molecule has 2 N–H and O–H groups in total. The molecule has 0 spiro atoms. The summed E-state index contributed by atoms with van der Waals surface area (Å²) in [6, 6.07) is 25.8. The number of ether oxygens (including phenoxy) is 5. The first-order valence-electron chi connectivity index (χ1n) is 13.0. The Kier molecular flexibility index (Phi) is 8.25. The third kappa shape index (κ3) is 6.29. The lowest BCUT2D eigenvalue weighted by Gasteiger charge is -2.27. The van der Waals surface area contributed by atoms with Crippen molar-refractivity contribution in [2.24, 2.45) is 5.73 Å². The zero-order valence-corrected chi connectivity index (χ0v) is 22.9. The first-order valence-corrected chi connectivity index (χ1v) is 13.0. The maximum absolute atomic E-state index is 13.1. The Morgan fingerprint density at radius 3 is 2.40 bits per heavy atom. The third-order valence-corrected chi connectivity index (χ3v) is 6.63. The summed E-state index contributed by atoms with van der Waals surface area (Å²) >= 11 is 0. The number of esters is 1. The molecule has 1 heterocycles. The number of halogens is 1. The quantitative estimate of drug-likeness (QED) is 0.196. The van der Waals surface area contributed by atoms with Crippen molar-refractivity contribution in [2.45, 2.75) is 19.4 Å². The number of carbonyl (C=O) groups excluding carboxylic acids is 1. The molecule has 0 fully saturated rings. The van der Waals surface area contributed by atoms with Crippen molar-refractivity contribution >= 4 is 5.97 Å². The van der Waals surface area contributed by atoms with E-state index in [1.54, 1.807) is 31.4 Å². The van der Waals surface area contributed by atoms with Gasteiger partial charge in [0.05, 0.1) is 13.0 Å². The van der Waals surface area contributed by atoms with Gasteiger partial charge in [0.2, 0.25) is 5.88 Å². The van der Waals surface area contributed by atoms with Gasteiger partial charge in [0.25, 0.3) is 0 Å². The number of aryl methyl sites for hydroxylation is 1. The second-order valence-electron chi connectivity index (χ2n) is 9.53. The number of nitrogens with two attached hydrogens (primary N) is 1. The van der Waals surface area contributed by atoms with E-state index in [0.717, 1.165) is 11.1 Å². The summed E-state index contributed by atoms with van der Waals surface area (Å²) in [6.45, 7) is 2.01. The van der Waals surface area contributed by atoms with E-state index < -0.39 is 17.7 Å². The lowest BCUT2D eigenvalue weighted by Crippen LogP contribution is -2.21. The van der Waals surface area contributed by atoms with E-state index in [2.05, 4.69) is 6.07 Å². The average molecular weight is 567 g/mol. The summed E-state index contributed by atoms with van der Waals surface area (Å²) in [5.41, 5.74) is 9.95. The molecule has 1 unspecified atom stereocenters. The van der Waals surface area contributed by atoms with Crippen LogP contribution in [0.2, 0.25) is 0 Å². The summed E-state index contributed by atoms with van der Waals surface area (Å²) < 4.78 is 41.2. The van der Waals surface area contributed by atoms with Gasteiger partial charge in [-0.25, -0.2) is 9.18 Å². The molecular formula is C33H27FN2O6. The number of hydrogen-bond donors (Lipinski definition) is 1. The van der Waals surface area contributed by atoms with Crippen molar-refractivity contribution < 1.29 is 32.9 Å². The van der Waals surface area contributed by atoms with Gasteiger partial charge in [-0.15, -0.1) is 0 Å². The fourth-order valence-electron chi connectivity index (χ4n) is 4.50. The Hall–Kier alpha value is -5.49. The summed E-state index contributed by atoms with van der Waals surface area (Å²) in [4.78, 5) is 12.4. The van der Waals surface area contributed by atoms with Crippen molar-refractivity contribution in [3.63, 3.8) is 0 Å². The lowest BCUT2D eigenvalue weighted by atomic mass is 9.83. The molecule has 0 amide bonds. The summed E-state index contributed by atoms with van der Waals surface area (Å²) in [5, 5.41) is 9.94. The van der Waals surface area contributed by atoms with E-state index in [1.165, 1.54) is 35.9 Å². The zero-order valence-electron chi connectivity index (χ0n) is 22.9. The maximum atomic E-state index is 13.1. The van der Waals surface area contributed by atoms with Crippen LogP contribution in [-0.2, 0) is 11.4 Å². The second kappa shape index (κ2) is 12.4. The molecule has 0 saturated carbocycles. The largest absolute Gasteiger partial charge is 0.493 e. The molecule has 0 aliphatic carbocycles. The van der Waals surface area contributed by atoms with E-state index in [0.29, 0.717) is 35.2 Å². The molecule has 8 nitrogen and oxygen atoms in total. The number of allylic oxidation sites excluding steroid dienone is 1. The highest BCUT2D eigenvalue weighted by atomic mass is 19.1. The Labute approximate surface area is 242 Å². The molecule has 0 aromatic heterocycles. The average Bonchev–Trinajstić information content (AvgIpc) is 2.99. The highest BCUT2D eigenvalue weighted by Gasteiger charge is 2.32. The Bertz CT molecular complexity index is 1680. The number of nitriles is 1. The van der Waals surface area contributed by atoms with Crippen LogP contribution in [0, 0.1) is 24.1 Å². The van der Waals surface area contributed by atoms with Gasteiger partial charge in [0.1, 0.15) is 41.3 Å². The van der Waals surface area contributed by atoms with Gasteiger partial charge < -0.3 is 29.4 Å². The molecule has 0 radical (unpaired) electrons. The highest BCUT2D eigenvalue weighted by Crippen LogP contribution is 2.45. The number of nitrogens with zero attached hydrogens (tertiary/aromatic N) is 1. The van der Waals surface area contributed by atoms with Crippen molar-refractivity contribution in [1.29, 1.82) is 5.26 Å². The molecule has 4 aromatic rings. The minimum atomic E-state index is -0.668. The minimum absolute atomic E-state index is 0.0585. The monoisotopic (exact) mass is 566 g/mol. The van der Waals surface area contributed by atoms with Crippen LogP contribution in [0.4, 0.5) is 4.39 Å². The van der Waals surface area contributed by atoms with Crippen LogP contribution in [0.1, 0.15) is 28.2 Å². The van der Waals surface area contributed by atoms with Crippen LogP contribution in [-0.4, -0.2) is 19.7 Å². The van der Waals surface area contributed by atoms with Gasteiger partial charge >= 0.3 is 5.97 Å². The fraction of sp³-hybridized carbons (Fsp3) is 0.152. The standard InChI is InChI=1S/C33H27FN2O6/c1-20-3-5-21(6-4-20)18-40-28-14-7-22(15-30(28)38-2)32-26-13-12-25(16-29(26)42-33(36)27(32)17-35)41-31(37)19-39-24-10-8-23(34)9-11-24/h3-16,32H,18-19,36H2,1-2H3. The maximum Gasteiger partial charge on any atom is 0.349 e. The SMILES string of the molecule is COc1cc(C2C(C#N)=C(N)Oc3cc(OC(=O)COc4ccc(F)cc4)ccc32)ccc1OCc1ccc(C)cc1. The number of hydrogen-bond acceptors (Lipinski definition) is 8. The van der Waals surface area contributed by atoms with Crippen LogP contribution in [0.3, 0.4) is 0 Å². The van der Waals surface area contributed by atoms with Crippen LogP contribution >= 0.6 is 0 Å². The van der Waals surface area contributed by atoms with Gasteiger partial charge in [-0.3, -0.25) is 0 Å². The fourth-order valence-corrected chi connectivity index (χ4v) is 4.50. The van der Waals surface area contributed by atoms with E-state index in [4.69, 9.17) is 29.4 Å². The van der Waals surface area contributed by atoms with Crippen molar-refractivity contribution in [3.05, 3.63) is 124 Å². The highest BCUT2D eigenvalue weighted by molar-refractivity contribution is 5.74. The van der Waals surface area contributed by atoms with E-state index >= 15 is 0 Å². The molecular weight excluding hydrogens is 539 g/mol. The number of methoxy groups -OCH3 is 1. The van der Waals surface area contributed by atoms with Gasteiger partial charge in [-0.1, -0.05) is 42.0 Å². The Balaban J connectivity index is 1.35. The normalized spacial score (nSPS) is 13.8. The summed E-state index contributed by atoms with van der Waals surface area (Å²) in [7, 11) is 1.55. The van der Waals surface area contributed by atoms with E-state index in [-0.39, 0.29) is 23.8 Å². The molecule has 9 heteroatoms. The smallest absolute Gasteiger partial charge is 0.349 e. The Morgan fingerprint density at radius 2 is 1.69 bits per heavy atom. The molecule has 1 aliphatic heterocycles. The number of benzene rings is 4. The Morgan fingerprint density at radius 1 is 0.952 bits per heavy atom. The van der Waals surface area contributed by atoms with Crippen molar-refractivity contribution in [2.75, 3.05) is 13.7 Å². The number of fused-ring (bicyclic) bond motifs is 1. The third-order valence-electron chi connectivity index (χ3n) is 6.63. The lowest BCUT2D eigenvalue weighted by molar-refractivity contribution is -0.136. The van der Waals surface area contributed by atoms with Gasteiger partial charge in [0.15, 0.2) is 18.1 Å². The zero-order chi connectivity index (χ0) is 29.6. The van der Waals surface area contributed by atoms with Crippen LogP contribution in [0.25, 0.3) is 0 Å². The molecule has 212 valence electrons. The summed E-state index contributed by atoms with van der Waals surface area (Å²) in [6.07, 6.45) is 0. The van der Waals surface area contributed by atoms with Gasteiger partial charge in [-0.2, -0.15) is 5.26 Å². The predicted octanol–water partition coefficient (Wildman–Crippen LogP) is 5.92. The van der Waals surface area contributed by atoms with E-state index in [1.807, 2.05) is 37.3 Å². The molecule has 1 atom stereocenters. The number of carbonyl (C=O) groups is 1. The van der Waals surface area contributed by atoms with Gasteiger partial charge in [0, 0.05) is 11.6 Å². The van der Waals surface area contributed by atoms with Crippen LogP contribution in [0.15, 0.2) is 96.4 Å². The molecule has 42 heavy (non-hydrogen) atoms. The topological polar surface area (TPSA) is 113 Å². The van der Waals surface area contributed by atoms with Crippen LogP contribution in [0.5, 0.6) is 28.7 Å². The minimum Gasteiger partial charge on any atom is -0.493 e. The van der Waals surface area contributed by atoms with Crippen molar-refractivity contribution in [1.82, 2.24) is 0 Å².